The number of nitrogens with zero attached hydrogens (tertiary/aromatic N) is 2. The van der Waals surface area contributed by atoms with E-state index >= 15 is 0 Å². The fourth-order valence-electron chi connectivity index (χ4n) is 1.36. The Kier molecular flexibility index (Phi) is 4.85. The summed E-state index contributed by atoms with van der Waals surface area (Å²) in [4.78, 5) is 4.10. The molecule has 0 unspecified atom stereocenters. The summed E-state index contributed by atoms with van der Waals surface area (Å²) in [6, 6.07) is 5.44. The van der Waals surface area contributed by atoms with Gasteiger partial charge in [0.25, 0.3) is 0 Å². The zero-order valence-corrected chi connectivity index (χ0v) is 10.2. The molecule has 5 nitrogen and oxygen atoms in total. The Morgan fingerprint density at radius 2 is 2.19 bits per heavy atom. The molecular weight excluding hydrogens is 226 g/mol. The van der Waals surface area contributed by atoms with Crippen molar-refractivity contribution in [1.29, 1.82) is 0 Å². The van der Waals surface area contributed by atoms with Crippen molar-refractivity contribution in [2.45, 2.75) is 13.5 Å². The molecule has 0 aliphatic heterocycles. The molecule has 0 amide bonds. The van der Waals surface area contributed by atoms with E-state index in [0.717, 1.165) is 5.69 Å². The minimum Gasteiger partial charge on any atom is -0.329 e. The molecule has 0 aliphatic rings. The maximum absolute atomic E-state index is 11.8. The Balaban J connectivity index is 2.77. The van der Waals surface area contributed by atoms with Crippen molar-refractivity contribution in [2.75, 3.05) is 18.8 Å². The maximum Gasteiger partial charge on any atom is 0.215 e. The van der Waals surface area contributed by atoms with Gasteiger partial charge in [-0.2, -0.15) is 4.31 Å². The van der Waals surface area contributed by atoms with Crippen molar-refractivity contribution in [3.05, 3.63) is 30.1 Å². The van der Waals surface area contributed by atoms with Gasteiger partial charge in [-0.05, 0) is 12.1 Å². The Morgan fingerprint density at radius 3 is 2.69 bits per heavy atom. The molecule has 1 aromatic rings. The van der Waals surface area contributed by atoms with Crippen molar-refractivity contribution in [3.63, 3.8) is 0 Å². The summed E-state index contributed by atoms with van der Waals surface area (Å²) < 4.78 is 25.0. The fraction of sp³-hybridized carbons (Fsp3) is 0.500. The molecular formula is C10H17N3O2S. The van der Waals surface area contributed by atoms with E-state index in [1.807, 2.05) is 6.07 Å². The monoisotopic (exact) mass is 243 g/mol. The number of nitrogens with two attached hydrogens (primary N) is 1. The smallest absolute Gasteiger partial charge is 0.215 e. The lowest BCUT2D eigenvalue weighted by molar-refractivity contribution is 0.419. The summed E-state index contributed by atoms with van der Waals surface area (Å²) in [7, 11) is -3.25. The third kappa shape index (κ3) is 3.55. The lowest BCUT2D eigenvalue weighted by atomic mass is 10.3. The van der Waals surface area contributed by atoms with Crippen molar-refractivity contribution >= 4 is 10.0 Å². The first kappa shape index (κ1) is 13.1. The summed E-state index contributed by atoms with van der Waals surface area (Å²) in [5.74, 6) is -0.0202. The van der Waals surface area contributed by atoms with E-state index in [-0.39, 0.29) is 12.3 Å². The van der Waals surface area contributed by atoms with Gasteiger partial charge in [0, 0.05) is 19.3 Å². The molecule has 1 heterocycles. The second-order valence-electron chi connectivity index (χ2n) is 3.35. The van der Waals surface area contributed by atoms with Crippen molar-refractivity contribution < 1.29 is 8.42 Å². The lowest BCUT2D eigenvalue weighted by Crippen LogP contribution is -2.34. The van der Waals surface area contributed by atoms with Crippen LogP contribution in [0.25, 0.3) is 0 Å². The van der Waals surface area contributed by atoms with E-state index in [4.69, 9.17) is 5.73 Å². The van der Waals surface area contributed by atoms with Crippen LogP contribution in [-0.4, -0.2) is 36.5 Å². The second-order valence-corrected chi connectivity index (χ2v) is 5.44. The number of sulfonamides is 1. The van der Waals surface area contributed by atoms with E-state index in [0.29, 0.717) is 13.1 Å². The Labute approximate surface area is 96.3 Å². The van der Waals surface area contributed by atoms with Crippen LogP contribution in [0, 0.1) is 0 Å². The predicted molar refractivity (Wildman–Crippen MR) is 63.2 cm³/mol. The van der Waals surface area contributed by atoms with Crippen LogP contribution in [0.1, 0.15) is 12.6 Å². The van der Waals surface area contributed by atoms with Crippen LogP contribution in [0.4, 0.5) is 0 Å². The molecule has 1 rings (SSSR count). The molecule has 1 aromatic heterocycles. The van der Waals surface area contributed by atoms with Crippen LogP contribution in [0.5, 0.6) is 0 Å². The van der Waals surface area contributed by atoms with Gasteiger partial charge in [-0.1, -0.05) is 13.0 Å². The summed E-state index contributed by atoms with van der Waals surface area (Å²) in [6.45, 7) is 2.68. The van der Waals surface area contributed by atoms with E-state index < -0.39 is 10.0 Å². The average Bonchev–Trinajstić information content (AvgIpc) is 2.27. The molecule has 2 N–H and O–H groups in total. The van der Waals surface area contributed by atoms with E-state index in [2.05, 4.69) is 4.98 Å². The van der Waals surface area contributed by atoms with Gasteiger partial charge in [-0.3, -0.25) is 4.98 Å². The zero-order valence-electron chi connectivity index (χ0n) is 9.33. The Hall–Kier alpha value is -0.980. The van der Waals surface area contributed by atoms with Crippen molar-refractivity contribution in [3.8, 4) is 0 Å². The zero-order chi connectivity index (χ0) is 12.0. The van der Waals surface area contributed by atoms with Gasteiger partial charge in [0.05, 0.1) is 18.0 Å². The van der Waals surface area contributed by atoms with Crippen LogP contribution in [0.15, 0.2) is 24.4 Å². The van der Waals surface area contributed by atoms with E-state index in [1.54, 1.807) is 25.3 Å². The third-order valence-corrected chi connectivity index (χ3v) is 4.11. The largest absolute Gasteiger partial charge is 0.329 e. The average molecular weight is 243 g/mol. The van der Waals surface area contributed by atoms with Gasteiger partial charge in [0.1, 0.15) is 0 Å². The molecule has 0 aromatic carbocycles. The molecule has 0 fully saturated rings. The van der Waals surface area contributed by atoms with E-state index in [1.165, 1.54) is 4.31 Å². The van der Waals surface area contributed by atoms with Gasteiger partial charge < -0.3 is 5.73 Å². The molecule has 0 aliphatic carbocycles. The Morgan fingerprint density at radius 1 is 1.44 bits per heavy atom. The second kappa shape index (κ2) is 5.93. The molecule has 16 heavy (non-hydrogen) atoms. The van der Waals surface area contributed by atoms with Crippen LogP contribution < -0.4 is 5.73 Å². The summed E-state index contributed by atoms with van der Waals surface area (Å²) in [5.41, 5.74) is 6.02. The number of rotatable bonds is 6. The highest BCUT2D eigenvalue weighted by Gasteiger charge is 2.19. The highest BCUT2D eigenvalue weighted by atomic mass is 32.2. The fourth-order valence-corrected chi connectivity index (χ4v) is 2.64. The highest BCUT2D eigenvalue weighted by Crippen LogP contribution is 2.06. The summed E-state index contributed by atoms with van der Waals surface area (Å²) in [6.07, 6.45) is 1.65. The van der Waals surface area contributed by atoms with Crippen LogP contribution in [0.3, 0.4) is 0 Å². The normalized spacial score (nSPS) is 11.9. The minimum absolute atomic E-state index is 0.0202. The summed E-state index contributed by atoms with van der Waals surface area (Å²) in [5, 5.41) is 0. The maximum atomic E-state index is 11.8. The topological polar surface area (TPSA) is 76.3 Å². The minimum atomic E-state index is -3.25. The highest BCUT2D eigenvalue weighted by molar-refractivity contribution is 7.89. The van der Waals surface area contributed by atoms with Gasteiger partial charge in [-0.15, -0.1) is 0 Å². The number of hydrogen-bond donors (Lipinski definition) is 1. The molecule has 6 heteroatoms. The van der Waals surface area contributed by atoms with Crippen molar-refractivity contribution in [2.24, 2.45) is 5.73 Å². The quantitative estimate of drug-likeness (QED) is 0.774. The molecule has 0 saturated carbocycles. The van der Waals surface area contributed by atoms with E-state index in [9.17, 15) is 8.42 Å². The van der Waals surface area contributed by atoms with Gasteiger partial charge in [0.15, 0.2) is 0 Å². The molecule has 0 spiro atoms. The first-order valence-corrected chi connectivity index (χ1v) is 6.79. The van der Waals surface area contributed by atoms with Crippen molar-refractivity contribution in [1.82, 2.24) is 9.29 Å². The Bertz CT molecular complexity index is 405. The molecule has 0 atom stereocenters. The summed E-state index contributed by atoms with van der Waals surface area (Å²) >= 11 is 0. The SMILES string of the molecule is CCN(Cc1ccccn1)S(=O)(=O)CCN. The predicted octanol–water partition coefficient (Wildman–Crippen LogP) is 0.192. The van der Waals surface area contributed by atoms with Crippen LogP contribution >= 0.6 is 0 Å². The first-order chi connectivity index (χ1) is 7.60. The number of aromatic nitrogens is 1. The number of hydrogen-bond acceptors (Lipinski definition) is 4. The third-order valence-electron chi connectivity index (χ3n) is 2.19. The van der Waals surface area contributed by atoms with Crippen LogP contribution in [0.2, 0.25) is 0 Å². The number of pyridine rings is 1. The van der Waals surface area contributed by atoms with Gasteiger partial charge >= 0.3 is 0 Å². The van der Waals surface area contributed by atoms with Gasteiger partial charge in [-0.25, -0.2) is 8.42 Å². The standard InChI is InChI=1S/C10H17N3O2S/c1-2-13(16(14,15)8-6-11)9-10-5-3-4-7-12-10/h3-5,7H,2,6,8-9,11H2,1H3. The molecule has 0 radical (unpaired) electrons. The first-order valence-electron chi connectivity index (χ1n) is 5.18. The van der Waals surface area contributed by atoms with Crippen LogP contribution in [-0.2, 0) is 16.6 Å². The molecule has 0 bridgehead atoms. The lowest BCUT2D eigenvalue weighted by Gasteiger charge is -2.19. The van der Waals surface area contributed by atoms with Gasteiger partial charge in [0.2, 0.25) is 10.0 Å². The molecule has 90 valence electrons. The molecule has 0 saturated heterocycles.